The van der Waals surface area contributed by atoms with Gasteiger partial charge in [0.2, 0.25) is 0 Å². The zero-order valence-electron chi connectivity index (χ0n) is 19.1. The number of carbonyl (C=O) groups is 1. The van der Waals surface area contributed by atoms with E-state index in [0.29, 0.717) is 12.2 Å². The highest BCUT2D eigenvalue weighted by atomic mass is 19.3. The number of hydrogen-bond donors (Lipinski definition) is 1. The summed E-state index contributed by atoms with van der Waals surface area (Å²) < 4.78 is 29.1. The number of nitrogens with zero attached hydrogens (tertiary/aromatic N) is 4. The molecule has 3 aromatic heterocycles. The van der Waals surface area contributed by atoms with E-state index < -0.39 is 5.92 Å². The van der Waals surface area contributed by atoms with E-state index in [1.165, 1.54) is 4.90 Å². The number of aryl methyl sites for hydroxylation is 3. The van der Waals surface area contributed by atoms with Crippen LogP contribution in [0.2, 0.25) is 0 Å². The molecular weight excluding hydrogens is 424 g/mol. The van der Waals surface area contributed by atoms with Crippen molar-refractivity contribution in [1.29, 1.82) is 0 Å². The van der Waals surface area contributed by atoms with E-state index in [-0.39, 0.29) is 31.8 Å². The first-order chi connectivity index (χ1) is 15.7. The SMILES string of the molecule is CCc1nc2c(C)cc(C)nc2n1Cc1ccc2[nH]c(C(=O)N3CCC(F)(F)CC3)cc2c1. The smallest absolute Gasteiger partial charge is 0.270 e. The number of piperidine rings is 1. The van der Waals surface area contributed by atoms with E-state index >= 15 is 0 Å². The fourth-order valence-corrected chi connectivity index (χ4v) is 4.67. The molecule has 0 spiro atoms. The van der Waals surface area contributed by atoms with Gasteiger partial charge in [-0.1, -0.05) is 13.0 Å². The Morgan fingerprint density at radius 2 is 1.88 bits per heavy atom. The molecule has 4 aromatic rings. The van der Waals surface area contributed by atoms with Gasteiger partial charge in [-0.25, -0.2) is 18.7 Å². The minimum atomic E-state index is -2.67. The van der Waals surface area contributed by atoms with Gasteiger partial charge in [-0.15, -0.1) is 0 Å². The van der Waals surface area contributed by atoms with Crippen molar-refractivity contribution in [1.82, 2.24) is 24.4 Å². The molecule has 33 heavy (non-hydrogen) atoms. The summed E-state index contributed by atoms with van der Waals surface area (Å²) in [5, 5.41) is 0.918. The van der Waals surface area contributed by atoms with Crippen molar-refractivity contribution in [2.75, 3.05) is 13.1 Å². The lowest BCUT2D eigenvalue weighted by molar-refractivity contribution is -0.0495. The predicted octanol–water partition coefficient (Wildman–Crippen LogP) is 5.01. The van der Waals surface area contributed by atoms with Crippen LogP contribution < -0.4 is 0 Å². The minimum Gasteiger partial charge on any atom is -0.351 e. The lowest BCUT2D eigenvalue weighted by Crippen LogP contribution is -2.42. The van der Waals surface area contributed by atoms with E-state index in [1.807, 2.05) is 31.2 Å². The second kappa shape index (κ2) is 7.93. The van der Waals surface area contributed by atoms with Crippen LogP contribution in [0.25, 0.3) is 22.1 Å². The van der Waals surface area contributed by atoms with Gasteiger partial charge >= 0.3 is 0 Å². The molecule has 6 nitrogen and oxygen atoms in total. The first-order valence-electron chi connectivity index (χ1n) is 11.4. The third kappa shape index (κ3) is 3.98. The number of likely N-dealkylation sites (tertiary alicyclic amines) is 1. The topological polar surface area (TPSA) is 66.8 Å². The van der Waals surface area contributed by atoms with Crippen LogP contribution in [0.15, 0.2) is 30.3 Å². The molecule has 0 unspecified atom stereocenters. The number of aromatic nitrogens is 4. The summed E-state index contributed by atoms with van der Waals surface area (Å²) in [5.74, 6) is -1.92. The Labute approximate surface area is 190 Å². The Morgan fingerprint density at radius 1 is 1.12 bits per heavy atom. The largest absolute Gasteiger partial charge is 0.351 e. The van der Waals surface area contributed by atoms with E-state index in [2.05, 4.69) is 29.5 Å². The molecule has 5 rings (SSSR count). The fraction of sp³-hybridized carbons (Fsp3) is 0.400. The van der Waals surface area contributed by atoms with Crippen LogP contribution in [0, 0.1) is 13.8 Å². The lowest BCUT2D eigenvalue weighted by Gasteiger charge is -2.31. The van der Waals surface area contributed by atoms with Crippen LogP contribution in [0.4, 0.5) is 8.78 Å². The maximum atomic E-state index is 13.4. The van der Waals surface area contributed by atoms with Gasteiger partial charge in [0.05, 0.1) is 6.54 Å². The van der Waals surface area contributed by atoms with Crippen LogP contribution in [0.5, 0.6) is 0 Å². The monoisotopic (exact) mass is 451 g/mol. The molecule has 1 fully saturated rings. The number of halogens is 2. The van der Waals surface area contributed by atoms with Gasteiger partial charge in [0.1, 0.15) is 17.0 Å². The number of hydrogen-bond acceptors (Lipinski definition) is 3. The maximum absolute atomic E-state index is 13.4. The normalized spacial score (nSPS) is 16.1. The second-order valence-electron chi connectivity index (χ2n) is 8.97. The number of aromatic amines is 1. The van der Waals surface area contributed by atoms with E-state index in [9.17, 15) is 13.6 Å². The molecule has 0 aliphatic carbocycles. The van der Waals surface area contributed by atoms with Gasteiger partial charge in [0, 0.05) is 48.9 Å². The third-order valence-corrected chi connectivity index (χ3v) is 6.46. The number of nitrogens with one attached hydrogen (secondary N) is 1. The highest BCUT2D eigenvalue weighted by molar-refractivity contribution is 5.98. The first-order valence-corrected chi connectivity index (χ1v) is 11.4. The summed E-state index contributed by atoms with van der Waals surface area (Å²) in [6.45, 7) is 6.91. The number of carbonyl (C=O) groups excluding carboxylic acids is 1. The number of imidazole rings is 1. The average molecular weight is 452 g/mol. The summed E-state index contributed by atoms with van der Waals surface area (Å²) in [7, 11) is 0. The summed E-state index contributed by atoms with van der Waals surface area (Å²) in [4.78, 5) is 27.1. The molecule has 172 valence electrons. The molecule has 1 saturated heterocycles. The average Bonchev–Trinajstić information content (AvgIpc) is 3.35. The minimum absolute atomic E-state index is 0.0752. The number of benzene rings is 1. The molecule has 1 aliphatic heterocycles. The van der Waals surface area contributed by atoms with E-state index in [0.717, 1.165) is 51.1 Å². The fourth-order valence-electron chi connectivity index (χ4n) is 4.67. The van der Waals surface area contributed by atoms with Crippen molar-refractivity contribution in [2.45, 2.75) is 52.5 Å². The summed E-state index contributed by atoms with van der Waals surface area (Å²) in [6, 6.07) is 9.91. The molecule has 0 saturated carbocycles. The first kappa shape index (κ1) is 21.6. The van der Waals surface area contributed by atoms with Gasteiger partial charge in [-0.3, -0.25) is 4.79 Å². The Hall–Kier alpha value is -3.29. The maximum Gasteiger partial charge on any atom is 0.270 e. The van der Waals surface area contributed by atoms with Gasteiger partial charge in [-0.05, 0) is 49.2 Å². The third-order valence-electron chi connectivity index (χ3n) is 6.46. The number of rotatable bonds is 4. The van der Waals surface area contributed by atoms with Crippen molar-refractivity contribution in [3.63, 3.8) is 0 Å². The Bertz CT molecular complexity index is 1360. The molecule has 0 atom stereocenters. The summed E-state index contributed by atoms with van der Waals surface area (Å²) in [6.07, 6.45) is 0.234. The van der Waals surface area contributed by atoms with E-state index in [4.69, 9.17) is 9.97 Å². The van der Waals surface area contributed by atoms with Gasteiger partial charge in [0.15, 0.2) is 5.65 Å². The second-order valence-corrected chi connectivity index (χ2v) is 8.97. The van der Waals surface area contributed by atoms with Crippen molar-refractivity contribution >= 4 is 28.0 Å². The zero-order chi connectivity index (χ0) is 23.3. The van der Waals surface area contributed by atoms with Gasteiger partial charge in [-0.2, -0.15) is 0 Å². The number of H-pyrrole nitrogens is 1. The molecule has 1 aliphatic rings. The number of pyridine rings is 1. The van der Waals surface area contributed by atoms with Gasteiger partial charge < -0.3 is 14.5 Å². The highest BCUT2D eigenvalue weighted by Gasteiger charge is 2.36. The molecule has 1 aromatic carbocycles. The summed E-state index contributed by atoms with van der Waals surface area (Å²) >= 11 is 0. The molecule has 4 heterocycles. The van der Waals surface area contributed by atoms with Crippen molar-refractivity contribution in [3.8, 4) is 0 Å². The van der Waals surface area contributed by atoms with Crippen LogP contribution in [-0.2, 0) is 13.0 Å². The molecular formula is C25H27F2N5O. The molecule has 0 radical (unpaired) electrons. The number of amides is 1. The van der Waals surface area contributed by atoms with Crippen LogP contribution in [-0.4, -0.2) is 49.3 Å². The van der Waals surface area contributed by atoms with Crippen molar-refractivity contribution in [3.05, 3.63) is 58.7 Å². The molecule has 0 bridgehead atoms. The Morgan fingerprint density at radius 3 is 2.61 bits per heavy atom. The Kier molecular flexibility index (Phi) is 5.18. The van der Waals surface area contributed by atoms with E-state index in [1.54, 1.807) is 0 Å². The number of fused-ring (bicyclic) bond motifs is 2. The predicted molar refractivity (Wildman–Crippen MR) is 124 cm³/mol. The molecule has 8 heteroatoms. The zero-order valence-corrected chi connectivity index (χ0v) is 19.1. The van der Waals surface area contributed by atoms with Crippen LogP contribution in [0.1, 0.15) is 52.9 Å². The van der Waals surface area contributed by atoms with Crippen molar-refractivity contribution < 1.29 is 13.6 Å². The summed E-state index contributed by atoms with van der Waals surface area (Å²) in [5.41, 5.74) is 6.25. The van der Waals surface area contributed by atoms with Gasteiger partial charge in [0.25, 0.3) is 11.8 Å². The standard InChI is InChI=1S/C25H27F2N5O/c1-4-21-30-22-15(2)11-16(3)28-23(22)32(21)14-17-5-6-19-18(12-17)13-20(29-19)24(33)31-9-7-25(26,27)8-10-31/h5-6,11-13,29H,4,7-10,14H2,1-3H3. The lowest BCUT2D eigenvalue weighted by atomic mass is 10.1. The van der Waals surface area contributed by atoms with Crippen molar-refractivity contribution in [2.24, 2.45) is 0 Å². The molecule has 1 amide bonds. The Balaban J connectivity index is 1.44. The molecule has 1 N–H and O–H groups in total. The highest BCUT2D eigenvalue weighted by Crippen LogP contribution is 2.29. The number of alkyl halides is 2. The quantitative estimate of drug-likeness (QED) is 0.474. The van der Waals surface area contributed by atoms with Crippen LogP contribution >= 0.6 is 0 Å². The van der Waals surface area contributed by atoms with Crippen LogP contribution in [0.3, 0.4) is 0 Å².